The maximum atomic E-state index is 12.2. The van der Waals surface area contributed by atoms with Gasteiger partial charge < -0.3 is 11.1 Å². The van der Waals surface area contributed by atoms with E-state index in [0.29, 0.717) is 5.41 Å². The molecule has 118 valence electrons. The zero-order valence-electron chi connectivity index (χ0n) is 13.0. The maximum absolute atomic E-state index is 12.2. The molecular weight excluding hydrogens is 284 g/mol. The Balaban J connectivity index is 0.00000220. The molecule has 1 saturated carbocycles. The van der Waals surface area contributed by atoms with Crippen molar-refractivity contribution in [3.05, 3.63) is 35.9 Å². The summed E-state index contributed by atoms with van der Waals surface area (Å²) in [5.41, 5.74) is 7.60. The van der Waals surface area contributed by atoms with Gasteiger partial charge in [-0.1, -0.05) is 50.6 Å². The van der Waals surface area contributed by atoms with Gasteiger partial charge in [0.1, 0.15) is 0 Å². The van der Waals surface area contributed by atoms with Crippen LogP contribution in [0.15, 0.2) is 30.3 Å². The minimum Gasteiger partial charge on any atom is -0.355 e. The number of nitrogens with one attached hydrogen (secondary N) is 1. The summed E-state index contributed by atoms with van der Waals surface area (Å²) < 4.78 is 0. The fourth-order valence-corrected chi connectivity index (χ4v) is 2.78. The molecule has 0 heterocycles. The van der Waals surface area contributed by atoms with Gasteiger partial charge in [-0.05, 0) is 30.2 Å². The van der Waals surface area contributed by atoms with Crippen LogP contribution in [0.5, 0.6) is 0 Å². The highest BCUT2D eigenvalue weighted by Crippen LogP contribution is 2.48. The molecule has 1 aliphatic rings. The second-order valence-corrected chi connectivity index (χ2v) is 6.19. The Morgan fingerprint density at radius 1 is 1.33 bits per heavy atom. The lowest BCUT2D eigenvalue weighted by atomic mass is 9.94. The van der Waals surface area contributed by atoms with Gasteiger partial charge in [0.2, 0.25) is 5.91 Å². The van der Waals surface area contributed by atoms with Crippen molar-refractivity contribution in [3.8, 4) is 0 Å². The van der Waals surface area contributed by atoms with E-state index in [1.807, 2.05) is 37.3 Å². The molecule has 0 spiro atoms. The number of benzene rings is 1. The van der Waals surface area contributed by atoms with Crippen molar-refractivity contribution in [2.24, 2.45) is 17.1 Å². The van der Waals surface area contributed by atoms with Gasteiger partial charge in [-0.2, -0.15) is 0 Å². The van der Waals surface area contributed by atoms with Gasteiger partial charge >= 0.3 is 0 Å². The van der Waals surface area contributed by atoms with E-state index in [1.54, 1.807) is 0 Å². The molecule has 21 heavy (non-hydrogen) atoms. The number of carbonyl (C=O) groups excluding carboxylic acids is 1. The third-order valence-electron chi connectivity index (χ3n) is 4.51. The van der Waals surface area contributed by atoms with Crippen molar-refractivity contribution < 1.29 is 4.79 Å². The van der Waals surface area contributed by atoms with Crippen LogP contribution >= 0.6 is 12.4 Å². The molecule has 0 bridgehead atoms. The van der Waals surface area contributed by atoms with Crippen LogP contribution in [0, 0.1) is 11.3 Å². The van der Waals surface area contributed by atoms with E-state index < -0.39 is 0 Å². The smallest absolute Gasteiger partial charge is 0.224 e. The number of carbonyl (C=O) groups is 1. The SMILES string of the molecule is CCCC1(CNC(=O)C(C)C(N)c2ccccc2)CC1.Cl. The number of nitrogens with two attached hydrogens (primary N) is 1. The molecule has 4 heteroatoms. The summed E-state index contributed by atoms with van der Waals surface area (Å²) in [6, 6.07) is 9.60. The average Bonchev–Trinajstić information content (AvgIpc) is 3.24. The molecule has 0 aromatic heterocycles. The Morgan fingerprint density at radius 2 is 1.95 bits per heavy atom. The summed E-state index contributed by atoms with van der Waals surface area (Å²) in [7, 11) is 0. The molecule has 2 unspecified atom stereocenters. The Kier molecular flexibility index (Phi) is 6.69. The van der Waals surface area contributed by atoms with Crippen molar-refractivity contribution in [1.82, 2.24) is 5.32 Å². The van der Waals surface area contributed by atoms with Crippen LogP contribution in [0.1, 0.15) is 51.1 Å². The first-order chi connectivity index (χ1) is 9.58. The van der Waals surface area contributed by atoms with Crippen LogP contribution in [-0.4, -0.2) is 12.5 Å². The molecule has 2 atom stereocenters. The van der Waals surface area contributed by atoms with Crippen molar-refractivity contribution >= 4 is 18.3 Å². The molecule has 1 aromatic rings. The summed E-state index contributed by atoms with van der Waals surface area (Å²) in [4.78, 5) is 12.2. The lowest BCUT2D eigenvalue weighted by Gasteiger charge is -2.22. The fourth-order valence-electron chi connectivity index (χ4n) is 2.78. The molecule has 1 aromatic carbocycles. The third kappa shape index (κ3) is 4.72. The van der Waals surface area contributed by atoms with Crippen molar-refractivity contribution in [2.75, 3.05) is 6.54 Å². The first kappa shape index (κ1) is 18.0. The molecule has 3 nitrogen and oxygen atoms in total. The molecule has 1 aliphatic carbocycles. The predicted octanol–water partition coefficient (Wildman–Crippen LogP) is 3.44. The highest BCUT2D eigenvalue weighted by atomic mass is 35.5. The first-order valence-electron chi connectivity index (χ1n) is 7.66. The zero-order valence-corrected chi connectivity index (χ0v) is 13.8. The summed E-state index contributed by atoms with van der Waals surface area (Å²) in [6.45, 7) is 4.92. The maximum Gasteiger partial charge on any atom is 0.224 e. The van der Waals surface area contributed by atoms with E-state index in [2.05, 4.69) is 12.2 Å². The van der Waals surface area contributed by atoms with Crippen LogP contribution in [0.25, 0.3) is 0 Å². The Hall–Kier alpha value is -1.06. The second-order valence-electron chi connectivity index (χ2n) is 6.19. The number of hydrogen-bond donors (Lipinski definition) is 2. The van der Waals surface area contributed by atoms with E-state index in [9.17, 15) is 4.79 Å². The number of hydrogen-bond acceptors (Lipinski definition) is 2. The largest absolute Gasteiger partial charge is 0.355 e. The van der Waals surface area contributed by atoms with Gasteiger partial charge in [-0.25, -0.2) is 0 Å². The molecule has 3 N–H and O–H groups in total. The minimum absolute atomic E-state index is 0. The second kappa shape index (κ2) is 7.81. The first-order valence-corrected chi connectivity index (χ1v) is 7.66. The van der Waals surface area contributed by atoms with Gasteiger partial charge in [0.05, 0.1) is 5.92 Å². The molecule has 2 rings (SSSR count). The number of amides is 1. The highest BCUT2D eigenvalue weighted by Gasteiger charge is 2.41. The molecule has 0 aliphatic heterocycles. The van der Waals surface area contributed by atoms with Gasteiger partial charge in [0.25, 0.3) is 0 Å². The molecule has 0 radical (unpaired) electrons. The highest BCUT2D eigenvalue weighted by molar-refractivity contribution is 5.85. The Bertz CT molecular complexity index is 445. The topological polar surface area (TPSA) is 55.1 Å². The monoisotopic (exact) mass is 310 g/mol. The Morgan fingerprint density at radius 3 is 2.48 bits per heavy atom. The molecule has 0 saturated heterocycles. The molecule has 1 fully saturated rings. The van der Waals surface area contributed by atoms with Gasteiger partial charge in [-0.3, -0.25) is 4.79 Å². The normalized spacial score (nSPS) is 18.2. The van der Waals surface area contributed by atoms with Crippen LogP contribution in [0.2, 0.25) is 0 Å². The number of rotatable bonds is 7. The van der Waals surface area contributed by atoms with Crippen LogP contribution < -0.4 is 11.1 Å². The lowest BCUT2D eigenvalue weighted by molar-refractivity contribution is -0.125. The Labute approximate surface area is 134 Å². The lowest BCUT2D eigenvalue weighted by Crippen LogP contribution is -2.38. The summed E-state index contributed by atoms with van der Waals surface area (Å²) in [6.07, 6.45) is 4.90. The van der Waals surface area contributed by atoms with E-state index in [0.717, 1.165) is 12.1 Å². The van der Waals surface area contributed by atoms with Crippen molar-refractivity contribution in [3.63, 3.8) is 0 Å². The summed E-state index contributed by atoms with van der Waals surface area (Å²) in [5.74, 6) is -0.126. The average molecular weight is 311 g/mol. The van der Waals surface area contributed by atoms with Crippen LogP contribution in [-0.2, 0) is 4.79 Å². The van der Waals surface area contributed by atoms with Crippen molar-refractivity contribution in [2.45, 2.75) is 45.6 Å². The fraction of sp³-hybridized carbons (Fsp3) is 0.588. The number of halogens is 1. The zero-order chi connectivity index (χ0) is 14.6. The summed E-state index contributed by atoms with van der Waals surface area (Å²) in [5, 5.41) is 3.10. The summed E-state index contributed by atoms with van der Waals surface area (Å²) >= 11 is 0. The van der Waals surface area contributed by atoms with Crippen LogP contribution in [0.4, 0.5) is 0 Å². The third-order valence-corrected chi connectivity index (χ3v) is 4.51. The van der Waals surface area contributed by atoms with Gasteiger partial charge in [0, 0.05) is 12.6 Å². The molecular formula is C17H27ClN2O. The minimum atomic E-state index is -0.238. The van der Waals surface area contributed by atoms with Gasteiger partial charge in [0.15, 0.2) is 0 Å². The standard InChI is InChI=1S/C17H26N2O.ClH/c1-3-9-17(10-11-17)12-19-16(20)13(2)15(18)14-7-5-4-6-8-14;/h4-8,13,15H,3,9-12,18H2,1-2H3,(H,19,20);1H. The van der Waals surface area contributed by atoms with E-state index in [-0.39, 0.29) is 30.3 Å². The quantitative estimate of drug-likeness (QED) is 0.810. The van der Waals surface area contributed by atoms with Gasteiger partial charge in [-0.15, -0.1) is 12.4 Å². The van der Waals surface area contributed by atoms with E-state index >= 15 is 0 Å². The van der Waals surface area contributed by atoms with Crippen LogP contribution in [0.3, 0.4) is 0 Å². The predicted molar refractivity (Wildman–Crippen MR) is 89.4 cm³/mol. The van der Waals surface area contributed by atoms with E-state index in [1.165, 1.54) is 25.7 Å². The van der Waals surface area contributed by atoms with Crippen molar-refractivity contribution in [1.29, 1.82) is 0 Å². The van der Waals surface area contributed by atoms with E-state index in [4.69, 9.17) is 5.73 Å². The molecule has 1 amide bonds.